The number of carbonyl (C=O) groups is 1. The number of aromatic nitrogens is 6. The first-order valence-electron chi connectivity index (χ1n) is 9.87. The number of hydrogen-bond acceptors (Lipinski definition) is 7. The van der Waals surface area contributed by atoms with Gasteiger partial charge in [0.05, 0.1) is 5.69 Å². The smallest absolute Gasteiger partial charge is 0.276 e. The highest BCUT2D eigenvalue weighted by Gasteiger charge is 2.15. The largest absolute Gasteiger partial charge is 0.355 e. The summed E-state index contributed by atoms with van der Waals surface area (Å²) in [6.45, 7) is 3.84. The molecule has 30 heavy (non-hydrogen) atoms. The fourth-order valence-electron chi connectivity index (χ4n) is 3.53. The number of hydrogen-bond donors (Lipinski definition) is 1. The Kier molecular flexibility index (Phi) is 4.55. The molecule has 0 radical (unpaired) electrons. The maximum atomic E-state index is 12.5. The van der Waals surface area contributed by atoms with Crippen molar-refractivity contribution in [3.05, 3.63) is 60.0 Å². The van der Waals surface area contributed by atoms with Gasteiger partial charge in [0.1, 0.15) is 0 Å². The summed E-state index contributed by atoms with van der Waals surface area (Å²) in [4.78, 5) is 14.7. The van der Waals surface area contributed by atoms with Crippen LogP contribution in [0.25, 0.3) is 16.9 Å². The maximum Gasteiger partial charge on any atom is 0.276 e. The van der Waals surface area contributed by atoms with Crippen molar-refractivity contribution in [2.75, 3.05) is 23.3 Å². The normalized spacial score (nSPS) is 13.7. The summed E-state index contributed by atoms with van der Waals surface area (Å²) >= 11 is 0. The van der Waals surface area contributed by atoms with Crippen molar-refractivity contribution in [3.8, 4) is 11.3 Å². The molecule has 3 aromatic heterocycles. The fraction of sp³-hybridized carbons (Fsp3) is 0.238. The monoisotopic (exact) mass is 400 g/mol. The molecule has 150 valence electrons. The van der Waals surface area contributed by atoms with Gasteiger partial charge in [-0.15, -0.1) is 20.4 Å². The molecule has 1 saturated heterocycles. The van der Waals surface area contributed by atoms with Crippen LogP contribution in [0.5, 0.6) is 0 Å². The van der Waals surface area contributed by atoms with Crippen molar-refractivity contribution in [1.82, 2.24) is 30.0 Å². The molecule has 9 heteroatoms. The molecule has 1 aliphatic rings. The highest BCUT2D eigenvalue weighted by molar-refractivity contribution is 6.02. The van der Waals surface area contributed by atoms with Crippen LogP contribution in [0.2, 0.25) is 0 Å². The van der Waals surface area contributed by atoms with Gasteiger partial charge < -0.3 is 10.2 Å². The van der Waals surface area contributed by atoms with Crippen molar-refractivity contribution in [3.63, 3.8) is 0 Å². The Morgan fingerprint density at radius 2 is 1.70 bits per heavy atom. The second kappa shape index (κ2) is 7.51. The lowest BCUT2D eigenvalue weighted by molar-refractivity contribution is 0.102. The summed E-state index contributed by atoms with van der Waals surface area (Å²) in [5.41, 5.74) is 3.40. The molecule has 0 unspecified atom stereocenters. The molecule has 1 fully saturated rings. The molecule has 9 nitrogen and oxygen atoms in total. The minimum atomic E-state index is -0.289. The lowest BCUT2D eigenvalue weighted by atomic mass is 10.1. The molecule has 0 aliphatic carbocycles. The first-order chi connectivity index (χ1) is 14.7. The fourth-order valence-corrected chi connectivity index (χ4v) is 3.53. The van der Waals surface area contributed by atoms with Crippen LogP contribution < -0.4 is 10.2 Å². The van der Waals surface area contributed by atoms with E-state index in [1.807, 2.05) is 49.4 Å². The van der Waals surface area contributed by atoms with Crippen LogP contribution in [0.15, 0.2) is 48.5 Å². The van der Waals surface area contributed by atoms with E-state index in [1.165, 1.54) is 12.8 Å². The predicted molar refractivity (Wildman–Crippen MR) is 112 cm³/mol. The third-order valence-corrected chi connectivity index (χ3v) is 5.17. The first-order valence-corrected chi connectivity index (χ1v) is 9.87. The van der Waals surface area contributed by atoms with E-state index in [0.29, 0.717) is 11.3 Å². The van der Waals surface area contributed by atoms with Gasteiger partial charge in [-0.2, -0.15) is 9.61 Å². The van der Waals surface area contributed by atoms with Gasteiger partial charge in [0, 0.05) is 24.3 Å². The molecule has 1 amide bonds. The number of fused-ring (bicyclic) bond motifs is 1. The van der Waals surface area contributed by atoms with Gasteiger partial charge in [0.15, 0.2) is 23.0 Å². The zero-order valence-electron chi connectivity index (χ0n) is 16.5. The van der Waals surface area contributed by atoms with Gasteiger partial charge in [0.2, 0.25) is 0 Å². The van der Waals surface area contributed by atoms with Crippen LogP contribution in [0.4, 0.5) is 11.5 Å². The molecule has 1 aromatic carbocycles. The second-order valence-electron chi connectivity index (χ2n) is 7.24. The van der Waals surface area contributed by atoms with Gasteiger partial charge in [-0.1, -0.05) is 12.1 Å². The van der Waals surface area contributed by atoms with E-state index in [-0.39, 0.29) is 11.6 Å². The van der Waals surface area contributed by atoms with Crippen molar-refractivity contribution < 1.29 is 4.79 Å². The van der Waals surface area contributed by atoms with Crippen molar-refractivity contribution in [1.29, 1.82) is 0 Å². The molecule has 1 N–H and O–H groups in total. The van der Waals surface area contributed by atoms with Gasteiger partial charge in [0.25, 0.3) is 5.91 Å². The SMILES string of the molecule is Cc1nnc2ccc(-c3ccc(NC(=O)c4ccc(N5CCCC5)nn4)cc3)nn12. The van der Waals surface area contributed by atoms with Crippen molar-refractivity contribution >= 4 is 23.1 Å². The third kappa shape index (κ3) is 3.45. The highest BCUT2D eigenvalue weighted by Crippen LogP contribution is 2.21. The number of rotatable bonds is 4. The minimum absolute atomic E-state index is 0.289. The predicted octanol–water partition coefficient (Wildman–Crippen LogP) is 2.74. The van der Waals surface area contributed by atoms with Crippen LogP contribution in [-0.2, 0) is 0 Å². The van der Waals surface area contributed by atoms with Crippen LogP contribution in [-0.4, -0.2) is 49.0 Å². The molecule has 4 aromatic rings. The number of anilines is 2. The van der Waals surface area contributed by atoms with E-state index in [2.05, 4.69) is 35.7 Å². The summed E-state index contributed by atoms with van der Waals surface area (Å²) in [6, 6.07) is 14.8. The van der Waals surface area contributed by atoms with Crippen LogP contribution in [0, 0.1) is 6.92 Å². The van der Waals surface area contributed by atoms with Gasteiger partial charge in [-0.3, -0.25) is 4.79 Å². The molecular weight excluding hydrogens is 380 g/mol. The zero-order valence-corrected chi connectivity index (χ0v) is 16.5. The Labute approximate surface area is 172 Å². The van der Waals surface area contributed by atoms with Crippen molar-refractivity contribution in [2.45, 2.75) is 19.8 Å². The lowest BCUT2D eigenvalue weighted by Gasteiger charge is -2.15. The highest BCUT2D eigenvalue weighted by atomic mass is 16.1. The summed E-state index contributed by atoms with van der Waals surface area (Å²) in [5.74, 6) is 1.26. The Balaban J connectivity index is 1.29. The first kappa shape index (κ1) is 18.2. The molecule has 0 atom stereocenters. The van der Waals surface area contributed by atoms with E-state index in [4.69, 9.17) is 0 Å². The van der Waals surface area contributed by atoms with E-state index in [1.54, 1.807) is 10.6 Å². The number of nitrogens with one attached hydrogen (secondary N) is 1. The van der Waals surface area contributed by atoms with E-state index in [9.17, 15) is 4.79 Å². The van der Waals surface area contributed by atoms with Gasteiger partial charge in [-0.05, 0) is 56.2 Å². The molecule has 0 bridgehead atoms. The average Bonchev–Trinajstić information content (AvgIpc) is 3.45. The number of amides is 1. The van der Waals surface area contributed by atoms with Crippen LogP contribution >= 0.6 is 0 Å². The van der Waals surface area contributed by atoms with Crippen LogP contribution in [0.1, 0.15) is 29.2 Å². The molecule has 4 heterocycles. The van der Waals surface area contributed by atoms with Crippen LogP contribution in [0.3, 0.4) is 0 Å². The summed E-state index contributed by atoms with van der Waals surface area (Å²) in [7, 11) is 0. The Morgan fingerprint density at radius 1 is 0.900 bits per heavy atom. The van der Waals surface area contributed by atoms with E-state index >= 15 is 0 Å². The number of nitrogens with zero attached hydrogens (tertiary/aromatic N) is 7. The third-order valence-electron chi connectivity index (χ3n) is 5.17. The Morgan fingerprint density at radius 3 is 2.43 bits per heavy atom. The molecule has 5 rings (SSSR count). The maximum absolute atomic E-state index is 12.5. The van der Waals surface area contributed by atoms with E-state index < -0.39 is 0 Å². The molecule has 1 aliphatic heterocycles. The quantitative estimate of drug-likeness (QED) is 0.562. The molecule has 0 spiro atoms. The Hall–Kier alpha value is -3.88. The minimum Gasteiger partial charge on any atom is -0.355 e. The zero-order chi connectivity index (χ0) is 20.5. The average molecular weight is 400 g/mol. The summed E-state index contributed by atoms with van der Waals surface area (Å²) < 4.78 is 1.70. The summed E-state index contributed by atoms with van der Waals surface area (Å²) in [5, 5.41) is 23.8. The van der Waals surface area contributed by atoms with Gasteiger partial charge in [-0.25, -0.2) is 0 Å². The topological polar surface area (TPSA) is 101 Å². The van der Waals surface area contributed by atoms with Gasteiger partial charge >= 0.3 is 0 Å². The molecule has 0 saturated carbocycles. The number of carbonyl (C=O) groups excluding carboxylic acids is 1. The molecular formula is C21H20N8O. The lowest BCUT2D eigenvalue weighted by Crippen LogP contribution is -2.21. The van der Waals surface area contributed by atoms with E-state index in [0.717, 1.165) is 36.0 Å². The standard InChI is InChI=1S/C21H20N8O/c1-14-23-26-20-11-8-17(27-29(14)20)15-4-6-16(7-5-15)22-21(30)18-9-10-19(25-24-18)28-12-2-3-13-28/h4-11H,2-3,12-13H2,1H3,(H,22,30). The number of benzene rings is 1. The second-order valence-corrected chi connectivity index (χ2v) is 7.24. The number of aryl methyl sites for hydroxylation is 1. The van der Waals surface area contributed by atoms with Crippen molar-refractivity contribution in [2.24, 2.45) is 0 Å². The summed E-state index contributed by atoms with van der Waals surface area (Å²) in [6.07, 6.45) is 2.34. The Bertz CT molecular complexity index is 1190.